The lowest BCUT2D eigenvalue weighted by atomic mass is 10.1. The fraction of sp³-hybridized carbons (Fsp3) is 0.136. The highest BCUT2D eigenvalue weighted by molar-refractivity contribution is 7.92. The van der Waals surface area contributed by atoms with Gasteiger partial charge in [-0.1, -0.05) is 35.3 Å². The first kappa shape index (κ1) is 22.9. The van der Waals surface area contributed by atoms with Crippen LogP contribution in [0.15, 0.2) is 65.6 Å². The van der Waals surface area contributed by atoms with Crippen LogP contribution in [0.3, 0.4) is 0 Å². The van der Waals surface area contributed by atoms with Crippen LogP contribution in [0.2, 0.25) is 10.0 Å². The number of anilines is 2. The first-order chi connectivity index (χ1) is 14.7. The predicted molar refractivity (Wildman–Crippen MR) is 124 cm³/mol. The summed E-state index contributed by atoms with van der Waals surface area (Å²) in [5.74, 6) is 0.0521. The summed E-state index contributed by atoms with van der Waals surface area (Å²) in [6, 6.07) is 15.8. The Balaban J connectivity index is 1.61. The molecule has 162 valence electrons. The number of hydrogen-bond acceptors (Lipinski definition) is 4. The Morgan fingerprint density at radius 1 is 0.968 bits per heavy atom. The average molecular weight is 479 g/mol. The topological polar surface area (TPSA) is 84.5 Å². The number of rotatable bonds is 7. The number of hydrogen-bond donors (Lipinski definition) is 2. The molecule has 0 heterocycles. The second-order valence-corrected chi connectivity index (χ2v) is 9.29. The van der Waals surface area contributed by atoms with Gasteiger partial charge in [-0.3, -0.25) is 9.52 Å². The van der Waals surface area contributed by atoms with Gasteiger partial charge < -0.3 is 10.1 Å². The van der Waals surface area contributed by atoms with E-state index in [1.165, 1.54) is 42.5 Å². The van der Waals surface area contributed by atoms with Gasteiger partial charge in [0.2, 0.25) is 0 Å². The smallest absolute Gasteiger partial charge is 0.262 e. The molecule has 0 aromatic heterocycles. The van der Waals surface area contributed by atoms with Gasteiger partial charge in [0.25, 0.3) is 15.9 Å². The zero-order chi connectivity index (χ0) is 22.6. The molecule has 0 bridgehead atoms. The standard InChI is InChI=1S/C22H20Cl2N2O4S/c1-14-4-3-5-21(15(14)2)25-22(27)13-30-17-7-9-18(10-8-17)31(28,29)26-16-6-11-19(23)20(24)12-16/h3-12,26H,13H2,1-2H3,(H,25,27). The molecule has 0 aliphatic carbocycles. The Morgan fingerprint density at radius 3 is 2.35 bits per heavy atom. The monoisotopic (exact) mass is 478 g/mol. The maximum Gasteiger partial charge on any atom is 0.262 e. The molecule has 3 aromatic rings. The zero-order valence-electron chi connectivity index (χ0n) is 16.8. The second-order valence-electron chi connectivity index (χ2n) is 6.79. The largest absolute Gasteiger partial charge is 0.484 e. The highest BCUT2D eigenvalue weighted by atomic mass is 35.5. The van der Waals surface area contributed by atoms with Crippen LogP contribution in [-0.4, -0.2) is 20.9 Å². The SMILES string of the molecule is Cc1cccc(NC(=O)COc2ccc(S(=O)(=O)Nc3ccc(Cl)c(Cl)c3)cc2)c1C. The summed E-state index contributed by atoms with van der Waals surface area (Å²) in [6.45, 7) is 3.69. The van der Waals surface area contributed by atoms with Crippen molar-refractivity contribution in [1.29, 1.82) is 0 Å². The van der Waals surface area contributed by atoms with E-state index in [9.17, 15) is 13.2 Å². The Morgan fingerprint density at radius 2 is 1.68 bits per heavy atom. The number of ether oxygens (including phenoxy) is 1. The summed E-state index contributed by atoms with van der Waals surface area (Å²) in [5, 5.41) is 3.37. The van der Waals surface area contributed by atoms with Gasteiger partial charge in [0.05, 0.1) is 20.6 Å². The second kappa shape index (κ2) is 9.60. The lowest BCUT2D eigenvalue weighted by Gasteiger charge is -2.12. The van der Waals surface area contributed by atoms with Crippen molar-refractivity contribution in [2.24, 2.45) is 0 Å². The molecule has 0 fully saturated rings. The lowest BCUT2D eigenvalue weighted by Crippen LogP contribution is -2.20. The van der Waals surface area contributed by atoms with Crippen molar-refractivity contribution >= 4 is 50.5 Å². The third-order valence-electron chi connectivity index (χ3n) is 4.55. The predicted octanol–water partition coefficient (Wildman–Crippen LogP) is 5.43. The fourth-order valence-electron chi connectivity index (χ4n) is 2.71. The molecule has 9 heteroatoms. The molecule has 0 unspecified atom stereocenters. The third kappa shape index (κ3) is 5.91. The van der Waals surface area contributed by atoms with Crippen molar-refractivity contribution < 1.29 is 17.9 Å². The fourth-order valence-corrected chi connectivity index (χ4v) is 4.06. The number of benzene rings is 3. The molecule has 3 aromatic carbocycles. The van der Waals surface area contributed by atoms with E-state index in [2.05, 4.69) is 10.0 Å². The average Bonchev–Trinajstić information content (AvgIpc) is 2.73. The van der Waals surface area contributed by atoms with Gasteiger partial charge >= 0.3 is 0 Å². The molecule has 0 saturated heterocycles. The van der Waals surface area contributed by atoms with Crippen molar-refractivity contribution in [3.8, 4) is 5.75 Å². The van der Waals surface area contributed by atoms with Crippen molar-refractivity contribution in [2.45, 2.75) is 18.7 Å². The van der Waals surface area contributed by atoms with E-state index in [0.29, 0.717) is 10.8 Å². The van der Waals surface area contributed by atoms with E-state index >= 15 is 0 Å². The summed E-state index contributed by atoms with van der Waals surface area (Å²) in [4.78, 5) is 12.2. The highest BCUT2D eigenvalue weighted by Gasteiger charge is 2.15. The lowest BCUT2D eigenvalue weighted by molar-refractivity contribution is -0.118. The van der Waals surface area contributed by atoms with E-state index < -0.39 is 10.0 Å². The first-order valence-corrected chi connectivity index (χ1v) is 11.5. The number of halogens is 2. The normalized spacial score (nSPS) is 11.1. The van der Waals surface area contributed by atoms with Gasteiger partial charge in [0.1, 0.15) is 5.75 Å². The summed E-state index contributed by atoms with van der Waals surface area (Å²) in [6.07, 6.45) is 0. The van der Waals surface area contributed by atoms with Gasteiger partial charge in [0, 0.05) is 5.69 Å². The molecule has 0 radical (unpaired) electrons. The number of amides is 1. The van der Waals surface area contributed by atoms with Gasteiger partial charge in [-0.15, -0.1) is 0 Å². The quantitative estimate of drug-likeness (QED) is 0.474. The van der Waals surface area contributed by atoms with Crippen LogP contribution in [-0.2, 0) is 14.8 Å². The number of carbonyl (C=O) groups is 1. The number of sulfonamides is 1. The maximum atomic E-state index is 12.5. The van der Waals surface area contributed by atoms with Crippen molar-refractivity contribution in [1.82, 2.24) is 0 Å². The molecule has 0 spiro atoms. The van der Waals surface area contributed by atoms with Crippen LogP contribution in [0, 0.1) is 13.8 Å². The molecule has 0 aliphatic heterocycles. The summed E-state index contributed by atoms with van der Waals surface area (Å²) >= 11 is 11.8. The van der Waals surface area contributed by atoms with Gasteiger partial charge in [-0.2, -0.15) is 0 Å². The molecule has 0 atom stereocenters. The van der Waals surface area contributed by atoms with E-state index in [4.69, 9.17) is 27.9 Å². The minimum atomic E-state index is -3.83. The van der Waals surface area contributed by atoms with Crippen molar-refractivity contribution in [3.63, 3.8) is 0 Å². The van der Waals surface area contributed by atoms with Crippen LogP contribution >= 0.6 is 23.2 Å². The van der Waals surface area contributed by atoms with E-state index in [1.54, 1.807) is 0 Å². The van der Waals surface area contributed by atoms with E-state index in [-0.39, 0.29) is 28.1 Å². The zero-order valence-corrected chi connectivity index (χ0v) is 19.1. The molecule has 2 N–H and O–H groups in total. The van der Waals surface area contributed by atoms with Crippen molar-refractivity contribution in [3.05, 3.63) is 81.8 Å². The van der Waals surface area contributed by atoms with E-state index in [0.717, 1.165) is 16.8 Å². The van der Waals surface area contributed by atoms with Gasteiger partial charge in [-0.05, 0) is 73.5 Å². The van der Waals surface area contributed by atoms with Crippen LogP contribution in [0.1, 0.15) is 11.1 Å². The number of nitrogens with one attached hydrogen (secondary N) is 2. The Hall–Kier alpha value is -2.74. The summed E-state index contributed by atoms with van der Waals surface area (Å²) in [7, 11) is -3.83. The maximum absolute atomic E-state index is 12.5. The Labute approximate surface area is 191 Å². The Bertz CT molecular complexity index is 1210. The number of aryl methyl sites for hydroxylation is 1. The number of carbonyl (C=O) groups excluding carboxylic acids is 1. The Kier molecular flexibility index (Phi) is 7.10. The van der Waals surface area contributed by atoms with Crippen LogP contribution < -0.4 is 14.8 Å². The third-order valence-corrected chi connectivity index (χ3v) is 6.69. The van der Waals surface area contributed by atoms with Gasteiger partial charge in [-0.25, -0.2) is 8.42 Å². The summed E-state index contributed by atoms with van der Waals surface area (Å²) < 4.78 is 33.0. The molecule has 31 heavy (non-hydrogen) atoms. The molecule has 6 nitrogen and oxygen atoms in total. The molecule has 0 saturated carbocycles. The van der Waals surface area contributed by atoms with Crippen LogP contribution in [0.25, 0.3) is 0 Å². The van der Waals surface area contributed by atoms with Crippen LogP contribution in [0.4, 0.5) is 11.4 Å². The molecular weight excluding hydrogens is 459 g/mol. The molecular formula is C22H20Cl2N2O4S. The molecule has 0 aliphatic rings. The highest BCUT2D eigenvalue weighted by Crippen LogP contribution is 2.27. The van der Waals surface area contributed by atoms with Gasteiger partial charge in [0.15, 0.2) is 6.61 Å². The first-order valence-electron chi connectivity index (χ1n) is 9.22. The van der Waals surface area contributed by atoms with Crippen molar-refractivity contribution in [2.75, 3.05) is 16.6 Å². The minimum Gasteiger partial charge on any atom is -0.484 e. The van der Waals surface area contributed by atoms with E-state index in [1.807, 2.05) is 32.0 Å². The van der Waals surface area contributed by atoms with Crippen LogP contribution in [0.5, 0.6) is 5.75 Å². The minimum absolute atomic E-state index is 0.0331. The summed E-state index contributed by atoms with van der Waals surface area (Å²) in [5.41, 5.74) is 3.08. The molecule has 1 amide bonds. The molecule has 3 rings (SSSR count).